The molecule has 0 aromatic carbocycles. The van der Waals surface area contributed by atoms with Gasteiger partial charge in [-0.05, 0) is 37.3 Å². The zero-order chi connectivity index (χ0) is 18.8. The molecular formula is C19H22N6O2. The van der Waals surface area contributed by atoms with Gasteiger partial charge in [0.15, 0.2) is 0 Å². The predicted molar refractivity (Wildman–Crippen MR) is 99.2 cm³/mol. The maximum Gasteiger partial charge on any atom is 0.327 e. The number of carbonyl (C=O) groups is 2. The minimum absolute atomic E-state index is 0.0186. The smallest absolute Gasteiger partial charge is 0.327 e. The van der Waals surface area contributed by atoms with E-state index in [0.29, 0.717) is 30.5 Å². The number of nitrogens with zero attached hydrogens (tertiary/aromatic N) is 5. The first-order chi connectivity index (χ1) is 13.1. The van der Waals surface area contributed by atoms with E-state index in [-0.39, 0.29) is 11.9 Å². The Morgan fingerprint density at radius 2 is 1.96 bits per heavy atom. The van der Waals surface area contributed by atoms with Crippen LogP contribution in [0.1, 0.15) is 34.3 Å². The van der Waals surface area contributed by atoms with Gasteiger partial charge in [0.05, 0.1) is 5.56 Å². The van der Waals surface area contributed by atoms with Crippen molar-refractivity contribution in [3.63, 3.8) is 0 Å². The highest BCUT2D eigenvalue weighted by Crippen LogP contribution is 2.31. The van der Waals surface area contributed by atoms with Crippen LogP contribution in [0.2, 0.25) is 0 Å². The zero-order valence-electron chi connectivity index (χ0n) is 15.3. The molecule has 2 aromatic rings. The van der Waals surface area contributed by atoms with Crippen molar-refractivity contribution in [3.05, 3.63) is 47.5 Å². The van der Waals surface area contributed by atoms with E-state index < -0.39 is 0 Å². The number of urea groups is 1. The summed E-state index contributed by atoms with van der Waals surface area (Å²) in [6, 6.07) is 1.77. The summed E-state index contributed by atoms with van der Waals surface area (Å²) in [6.45, 7) is 4.38. The standard InChI is InChI=1S/C19H22N6O2/c1-13-6-16(11-20-7-13)17(26)21-8-15-9-22-18(23-10-15)25-5-4-24(19(25)27)12-14-2-3-14/h6-7,9-11,14H,2-5,8,12H2,1H3,(H,21,26). The van der Waals surface area contributed by atoms with Crippen LogP contribution >= 0.6 is 0 Å². The van der Waals surface area contributed by atoms with E-state index in [1.807, 2.05) is 11.8 Å². The van der Waals surface area contributed by atoms with Crippen molar-refractivity contribution in [1.82, 2.24) is 25.2 Å². The molecule has 4 rings (SSSR count). The van der Waals surface area contributed by atoms with Crippen LogP contribution < -0.4 is 10.2 Å². The number of aryl methyl sites for hydroxylation is 1. The number of hydrogen-bond acceptors (Lipinski definition) is 5. The Morgan fingerprint density at radius 3 is 2.67 bits per heavy atom. The molecule has 0 unspecified atom stereocenters. The number of nitrogens with one attached hydrogen (secondary N) is 1. The molecule has 0 atom stereocenters. The lowest BCUT2D eigenvalue weighted by Gasteiger charge is -2.17. The van der Waals surface area contributed by atoms with Gasteiger partial charge in [0, 0.05) is 56.5 Å². The van der Waals surface area contributed by atoms with Crippen LogP contribution in [0.4, 0.5) is 10.7 Å². The van der Waals surface area contributed by atoms with Gasteiger partial charge in [-0.25, -0.2) is 14.8 Å². The molecule has 0 spiro atoms. The first-order valence-corrected chi connectivity index (χ1v) is 9.17. The van der Waals surface area contributed by atoms with Crippen molar-refractivity contribution in [1.29, 1.82) is 0 Å². The molecule has 2 aliphatic rings. The molecule has 1 saturated heterocycles. The van der Waals surface area contributed by atoms with Crippen molar-refractivity contribution >= 4 is 17.9 Å². The van der Waals surface area contributed by atoms with Gasteiger partial charge in [-0.3, -0.25) is 14.7 Å². The van der Waals surface area contributed by atoms with E-state index >= 15 is 0 Å². The minimum atomic E-state index is -0.194. The maximum absolute atomic E-state index is 12.5. The Labute approximate surface area is 157 Å². The van der Waals surface area contributed by atoms with Crippen LogP contribution in [0.3, 0.4) is 0 Å². The number of rotatable bonds is 6. The molecule has 2 aromatic heterocycles. The van der Waals surface area contributed by atoms with Crippen LogP contribution in [0.5, 0.6) is 0 Å². The molecular weight excluding hydrogens is 344 g/mol. The normalized spacial score (nSPS) is 16.7. The molecule has 8 nitrogen and oxygen atoms in total. The highest BCUT2D eigenvalue weighted by atomic mass is 16.2. The quantitative estimate of drug-likeness (QED) is 0.841. The van der Waals surface area contributed by atoms with Gasteiger partial charge in [-0.2, -0.15) is 0 Å². The molecule has 8 heteroatoms. The Bertz CT molecular complexity index is 850. The third kappa shape index (κ3) is 4.05. The van der Waals surface area contributed by atoms with E-state index in [1.54, 1.807) is 29.6 Å². The Balaban J connectivity index is 1.33. The highest BCUT2D eigenvalue weighted by molar-refractivity contribution is 5.94. The van der Waals surface area contributed by atoms with E-state index in [9.17, 15) is 9.59 Å². The third-order valence-corrected chi connectivity index (χ3v) is 4.79. The van der Waals surface area contributed by atoms with Crippen molar-refractivity contribution in [2.45, 2.75) is 26.3 Å². The maximum atomic E-state index is 12.5. The summed E-state index contributed by atoms with van der Waals surface area (Å²) in [4.78, 5) is 40.8. The van der Waals surface area contributed by atoms with Crippen molar-refractivity contribution in [3.8, 4) is 0 Å². The fraction of sp³-hybridized carbons (Fsp3) is 0.421. The predicted octanol–water partition coefficient (Wildman–Crippen LogP) is 1.76. The number of aromatic nitrogens is 3. The average molecular weight is 366 g/mol. The van der Waals surface area contributed by atoms with Crippen molar-refractivity contribution in [2.75, 3.05) is 24.5 Å². The van der Waals surface area contributed by atoms with Gasteiger partial charge in [0.2, 0.25) is 5.95 Å². The summed E-state index contributed by atoms with van der Waals surface area (Å²) in [5.74, 6) is 0.890. The van der Waals surface area contributed by atoms with E-state index in [1.165, 1.54) is 19.0 Å². The van der Waals surface area contributed by atoms with Crippen LogP contribution in [-0.4, -0.2) is 51.4 Å². The molecule has 1 aliphatic carbocycles. The summed E-state index contributed by atoms with van der Waals surface area (Å²) < 4.78 is 0. The van der Waals surface area contributed by atoms with E-state index in [4.69, 9.17) is 0 Å². The van der Waals surface area contributed by atoms with Gasteiger partial charge in [0.25, 0.3) is 5.91 Å². The number of hydrogen-bond donors (Lipinski definition) is 1. The Kier molecular flexibility index (Phi) is 4.70. The Morgan fingerprint density at radius 1 is 1.19 bits per heavy atom. The second kappa shape index (κ2) is 7.30. The molecule has 3 amide bonds. The van der Waals surface area contributed by atoms with Crippen LogP contribution in [0.15, 0.2) is 30.9 Å². The fourth-order valence-electron chi connectivity index (χ4n) is 3.09. The Hall–Kier alpha value is -3.03. The van der Waals surface area contributed by atoms with Crippen LogP contribution in [0.25, 0.3) is 0 Å². The molecule has 1 N–H and O–H groups in total. The lowest BCUT2D eigenvalue weighted by atomic mass is 10.2. The highest BCUT2D eigenvalue weighted by Gasteiger charge is 2.35. The van der Waals surface area contributed by atoms with Gasteiger partial charge in [-0.1, -0.05) is 0 Å². The first kappa shape index (κ1) is 17.4. The second-order valence-electron chi connectivity index (χ2n) is 7.15. The molecule has 2 fully saturated rings. The SMILES string of the molecule is Cc1cncc(C(=O)NCc2cnc(N3CCN(CC4CC4)C3=O)nc2)c1. The summed E-state index contributed by atoms with van der Waals surface area (Å²) in [5, 5.41) is 2.83. The average Bonchev–Trinajstić information content (AvgIpc) is 3.43. The number of pyridine rings is 1. The first-order valence-electron chi connectivity index (χ1n) is 9.17. The van der Waals surface area contributed by atoms with Gasteiger partial charge in [0.1, 0.15) is 0 Å². The topological polar surface area (TPSA) is 91.3 Å². The number of carbonyl (C=O) groups excluding carboxylic acids is 2. The minimum Gasteiger partial charge on any atom is -0.348 e. The number of anilines is 1. The molecule has 27 heavy (non-hydrogen) atoms. The molecule has 3 heterocycles. The lowest BCUT2D eigenvalue weighted by Crippen LogP contribution is -2.34. The van der Waals surface area contributed by atoms with Gasteiger partial charge < -0.3 is 10.2 Å². The third-order valence-electron chi connectivity index (χ3n) is 4.79. The van der Waals surface area contributed by atoms with Crippen LogP contribution in [-0.2, 0) is 6.54 Å². The number of amides is 3. The van der Waals surface area contributed by atoms with Crippen molar-refractivity contribution < 1.29 is 9.59 Å². The fourth-order valence-corrected chi connectivity index (χ4v) is 3.09. The second-order valence-corrected chi connectivity index (χ2v) is 7.15. The van der Waals surface area contributed by atoms with E-state index in [0.717, 1.165) is 24.2 Å². The summed E-state index contributed by atoms with van der Waals surface area (Å²) in [5.41, 5.74) is 2.22. The van der Waals surface area contributed by atoms with Gasteiger partial charge >= 0.3 is 6.03 Å². The lowest BCUT2D eigenvalue weighted by molar-refractivity contribution is 0.0950. The molecule has 0 radical (unpaired) electrons. The summed E-state index contributed by atoms with van der Waals surface area (Å²) in [7, 11) is 0. The molecule has 0 bridgehead atoms. The molecule has 1 aliphatic heterocycles. The van der Waals surface area contributed by atoms with Crippen LogP contribution in [0, 0.1) is 12.8 Å². The zero-order valence-corrected chi connectivity index (χ0v) is 15.3. The molecule has 140 valence electrons. The molecule has 1 saturated carbocycles. The summed E-state index contributed by atoms with van der Waals surface area (Å²) >= 11 is 0. The largest absolute Gasteiger partial charge is 0.348 e. The van der Waals surface area contributed by atoms with E-state index in [2.05, 4.69) is 20.3 Å². The van der Waals surface area contributed by atoms with Gasteiger partial charge in [-0.15, -0.1) is 0 Å². The van der Waals surface area contributed by atoms with Crippen molar-refractivity contribution in [2.24, 2.45) is 5.92 Å². The summed E-state index contributed by atoms with van der Waals surface area (Å²) in [6.07, 6.45) is 8.98. The monoisotopic (exact) mass is 366 g/mol.